The molecule has 0 aromatic rings. The minimum atomic E-state index is -0.0833. The second kappa shape index (κ2) is 8.90. The molecule has 3 aliphatic rings. The summed E-state index contributed by atoms with van der Waals surface area (Å²) in [6.45, 7) is 0.767. The minimum absolute atomic E-state index is 0.0833. The van der Waals surface area contributed by atoms with Gasteiger partial charge in [-0.1, -0.05) is 51.4 Å². The van der Waals surface area contributed by atoms with E-state index in [-0.39, 0.29) is 6.10 Å². The van der Waals surface area contributed by atoms with Crippen LogP contribution < -0.4 is 0 Å². The molecule has 0 bridgehead atoms. The van der Waals surface area contributed by atoms with E-state index in [0.717, 1.165) is 25.7 Å². The van der Waals surface area contributed by atoms with E-state index in [9.17, 15) is 4.79 Å². The largest absolute Gasteiger partial charge is 0.371 e. The van der Waals surface area contributed by atoms with Crippen LogP contribution in [0.5, 0.6) is 0 Å². The summed E-state index contributed by atoms with van der Waals surface area (Å²) in [5, 5.41) is 0. The van der Waals surface area contributed by atoms with Crippen LogP contribution in [-0.2, 0) is 9.53 Å². The van der Waals surface area contributed by atoms with Crippen molar-refractivity contribution in [3.63, 3.8) is 0 Å². The number of hydrogen-bond acceptors (Lipinski definition) is 2. The molecule has 1 aliphatic heterocycles. The summed E-state index contributed by atoms with van der Waals surface area (Å²) in [6.07, 6.45) is 14.7. The Balaban J connectivity index is 0.000000120. The molecule has 0 N–H and O–H groups in total. The number of ether oxygens (including phenoxy) is 1. The molecule has 0 amide bonds. The Bertz CT molecular complexity index is 127. The quantitative estimate of drug-likeness (QED) is 0.622. The van der Waals surface area contributed by atoms with E-state index in [1.54, 1.807) is 0 Å². The number of carbonyl (C=O) groups excluding carboxylic acids is 1. The van der Waals surface area contributed by atoms with Crippen molar-refractivity contribution in [3.8, 4) is 0 Å². The Morgan fingerprint density at radius 1 is 0.800 bits per heavy atom. The van der Waals surface area contributed by atoms with Crippen molar-refractivity contribution >= 4 is 6.29 Å². The lowest BCUT2D eigenvalue weighted by Gasteiger charge is -2.05. The van der Waals surface area contributed by atoms with Crippen LogP contribution in [0.3, 0.4) is 0 Å². The number of aldehydes is 1. The Hall–Kier alpha value is -0.370. The van der Waals surface area contributed by atoms with Gasteiger partial charge in [-0.3, -0.25) is 0 Å². The fraction of sp³-hybridized carbons (Fsp3) is 0.923. The minimum Gasteiger partial charge on any atom is -0.371 e. The van der Waals surface area contributed by atoms with Crippen LogP contribution >= 0.6 is 0 Å². The smallest absolute Gasteiger partial charge is 0.148 e. The van der Waals surface area contributed by atoms with E-state index in [1.807, 2.05) is 0 Å². The van der Waals surface area contributed by atoms with Crippen LogP contribution in [0.4, 0.5) is 0 Å². The number of rotatable bonds is 1. The highest BCUT2D eigenvalue weighted by atomic mass is 16.5. The molecule has 2 heteroatoms. The normalized spacial score (nSPS) is 27.1. The van der Waals surface area contributed by atoms with Crippen molar-refractivity contribution in [2.75, 3.05) is 6.61 Å². The maximum atomic E-state index is 9.88. The van der Waals surface area contributed by atoms with E-state index in [0.29, 0.717) is 0 Å². The molecule has 0 spiro atoms. The molecule has 0 aromatic carbocycles. The van der Waals surface area contributed by atoms with E-state index in [2.05, 4.69) is 0 Å². The summed E-state index contributed by atoms with van der Waals surface area (Å²) in [6, 6.07) is 0. The molecule has 2 saturated carbocycles. The average molecular weight is 212 g/mol. The molecular formula is C13H24O2. The summed E-state index contributed by atoms with van der Waals surface area (Å²) in [5.41, 5.74) is 0. The van der Waals surface area contributed by atoms with Gasteiger partial charge in [-0.2, -0.15) is 0 Å². The van der Waals surface area contributed by atoms with E-state index in [4.69, 9.17) is 4.74 Å². The van der Waals surface area contributed by atoms with Gasteiger partial charge in [0.05, 0.1) is 0 Å². The van der Waals surface area contributed by atoms with Crippen LogP contribution in [0.1, 0.15) is 64.2 Å². The zero-order chi connectivity index (χ0) is 10.8. The van der Waals surface area contributed by atoms with Gasteiger partial charge in [0.1, 0.15) is 12.4 Å². The van der Waals surface area contributed by atoms with Gasteiger partial charge < -0.3 is 9.53 Å². The fourth-order valence-electron chi connectivity index (χ4n) is 1.21. The zero-order valence-corrected chi connectivity index (χ0v) is 9.75. The molecule has 3 rings (SSSR count). The predicted octanol–water partition coefficient (Wildman–Crippen LogP) is 3.49. The second-order valence-corrected chi connectivity index (χ2v) is 4.52. The van der Waals surface area contributed by atoms with Gasteiger partial charge in [-0.05, 0) is 12.8 Å². The van der Waals surface area contributed by atoms with Gasteiger partial charge in [0.2, 0.25) is 0 Å². The Labute approximate surface area is 93.4 Å². The third-order valence-electron chi connectivity index (χ3n) is 3.12. The van der Waals surface area contributed by atoms with Crippen molar-refractivity contribution < 1.29 is 9.53 Å². The molecule has 88 valence electrons. The number of hydrogen-bond donors (Lipinski definition) is 0. The van der Waals surface area contributed by atoms with Gasteiger partial charge in [-0.25, -0.2) is 0 Å². The van der Waals surface area contributed by atoms with Crippen LogP contribution in [-0.4, -0.2) is 19.0 Å². The number of carbonyl (C=O) groups is 1. The molecule has 1 heterocycles. The van der Waals surface area contributed by atoms with Gasteiger partial charge in [0.25, 0.3) is 0 Å². The SMILES string of the molecule is C1CCC1.C1CCC1.O=CC1CCCO1. The topological polar surface area (TPSA) is 26.3 Å². The highest BCUT2D eigenvalue weighted by molar-refractivity contribution is 5.56. The zero-order valence-electron chi connectivity index (χ0n) is 9.75. The monoisotopic (exact) mass is 212 g/mol. The first kappa shape index (κ1) is 12.7. The molecule has 0 aromatic heterocycles. The van der Waals surface area contributed by atoms with Crippen LogP contribution in [0, 0.1) is 0 Å². The van der Waals surface area contributed by atoms with Crippen molar-refractivity contribution in [1.29, 1.82) is 0 Å². The van der Waals surface area contributed by atoms with Crippen molar-refractivity contribution in [3.05, 3.63) is 0 Å². The molecule has 2 nitrogen and oxygen atoms in total. The summed E-state index contributed by atoms with van der Waals surface area (Å²) in [7, 11) is 0. The maximum Gasteiger partial charge on any atom is 0.148 e. The van der Waals surface area contributed by atoms with Gasteiger partial charge in [0, 0.05) is 6.61 Å². The predicted molar refractivity (Wildman–Crippen MR) is 62.0 cm³/mol. The fourth-order valence-corrected chi connectivity index (χ4v) is 1.21. The average Bonchev–Trinajstić information content (AvgIpc) is 2.48. The summed E-state index contributed by atoms with van der Waals surface area (Å²) in [5.74, 6) is 0. The Morgan fingerprint density at radius 2 is 1.27 bits per heavy atom. The summed E-state index contributed by atoms with van der Waals surface area (Å²) in [4.78, 5) is 9.88. The van der Waals surface area contributed by atoms with Crippen LogP contribution in [0.15, 0.2) is 0 Å². The first-order chi connectivity index (χ1) is 7.43. The van der Waals surface area contributed by atoms with Gasteiger partial charge in [-0.15, -0.1) is 0 Å². The van der Waals surface area contributed by atoms with Crippen molar-refractivity contribution in [2.24, 2.45) is 0 Å². The lowest BCUT2D eigenvalue weighted by atomic mass is 10.0. The maximum absolute atomic E-state index is 9.88. The Morgan fingerprint density at radius 3 is 1.40 bits per heavy atom. The van der Waals surface area contributed by atoms with Crippen molar-refractivity contribution in [2.45, 2.75) is 70.3 Å². The highest BCUT2D eigenvalue weighted by Crippen LogP contribution is 2.15. The summed E-state index contributed by atoms with van der Waals surface area (Å²) >= 11 is 0. The highest BCUT2D eigenvalue weighted by Gasteiger charge is 2.12. The van der Waals surface area contributed by atoms with Crippen molar-refractivity contribution in [1.82, 2.24) is 0 Å². The molecular weight excluding hydrogens is 188 g/mol. The molecule has 3 fully saturated rings. The van der Waals surface area contributed by atoms with Gasteiger partial charge in [0.15, 0.2) is 0 Å². The third-order valence-corrected chi connectivity index (χ3v) is 3.12. The molecule has 0 radical (unpaired) electrons. The molecule has 15 heavy (non-hydrogen) atoms. The first-order valence-corrected chi connectivity index (χ1v) is 6.50. The van der Waals surface area contributed by atoms with E-state index in [1.165, 1.54) is 51.4 Å². The van der Waals surface area contributed by atoms with E-state index >= 15 is 0 Å². The van der Waals surface area contributed by atoms with Gasteiger partial charge >= 0.3 is 0 Å². The third kappa shape index (κ3) is 6.67. The first-order valence-electron chi connectivity index (χ1n) is 6.50. The Kier molecular flexibility index (Phi) is 7.53. The summed E-state index contributed by atoms with van der Waals surface area (Å²) < 4.78 is 4.93. The standard InChI is InChI=1S/C5H8O2.2C4H8/c6-4-5-2-1-3-7-5;2*1-2-4-3-1/h4-5H,1-3H2;2*1-4H2. The van der Waals surface area contributed by atoms with Crippen LogP contribution in [0.2, 0.25) is 0 Å². The lowest BCUT2D eigenvalue weighted by molar-refractivity contribution is -0.115. The molecule has 1 atom stereocenters. The second-order valence-electron chi connectivity index (χ2n) is 4.52. The molecule has 2 aliphatic carbocycles. The van der Waals surface area contributed by atoms with E-state index < -0.39 is 0 Å². The lowest BCUT2D eigenvalue weighted by Crippen LogP contribution is -2.04. The molecule has 1 unspecified atom stereocenters. The van der Waals surface area contributed by atoms with Crippen LogP contribution in [0.25, 0.3) is 0 Å². The molecule has 1 saturated heterocycles.